The molecule has 1 aliphatic carbocycles. The number of hydrogen-bond acceptors (Lipinski definition) is 4. The van der Waals surface area contributed by atoms with Gasteiger partial charge in [-0.1, -0.05) is 17.7 Å². The van der Waals surface area contributed by atoms with Gasteiger partial charge in [0.05, 0.1) is 22.1 Å². The van der Waals surface area contributed by atoms with Crippen LogP contribution in [0.25, 0.3) is 11.3 Å². The van der Waals surface area contributed by atoms with Crippen LogP contribution in [-0.4, -0.2) is 20.2 Å². The summed E-state index contributed by atoms with van der Waals surface area (Å²) in [7, 11) is 0. The Bertz CT molecular complexity index is 944. The van der Waals surface area contributed by atoms with Gasteiger partial charge in [0.2, 0.25) is 0 Å². The number of aromatic amines is 1. The zero-order valence-corrected chi connectivity index (χ0v) is 15.8. The zero-order valence-electron chi connectivity index (χ0n) is 15.1. The maximum Gasteiger partial charge on any atom is 0.0785 e. The number of halogens is 1. The van der Waals surface area contributed by atoms with Crippen LogP contribution in [0.5, 0.6) is 0 Å². The fraction of sp³-hybridized carbons (Fsp3) is 0.381. The number of nitrogens with one attached hydrogen (secondary N) is 2. The maximum absolute atomic E-state index is 6.17. The van der Waals surface area contributed by atoms with Crippen molar-refractivity contribution in [2.24, 2.45) is 0 Å². The van der Waals surface area contributed by atoms with Crippen molar-refractivity contribution in [2.75, 3.05) is 0 Å². The topological polar surface area (TPSA) is 66.5 Å². The summed E-state index contributed by atoms with van der Waals surface area (Å²) in [5.74, 6) is 1.03. The molecule has 6 heteroatoms. The Morgan fingerprint density at radius 3 is 2.67 bits per heavy atom. The van der Waals surface area contributed by atoms with E-state index in [2.05, 4.69) is 32.5 Å². The van der Waals surface area contributed by atoms with E-state index in [1.165, 1.54) is 17.0 Å². The minimum absolute atomic E-state index is 0.466. The minimum atomic E-state index is 0.466. The van der Waals surface area contributed by atoms with E-state index in [1.807, 2.05) is 18.3 Å². The molecule has 0 aromatic carbocycles. The van der Waals surface area contributed by atoms with Gasteiger partial charge < -0.3 is 5.32 Å². The average molecular weight is 380 g/mol. The molecule has 4 heterocycles. The van der Waals surface area contributed by atoms with Gasteiger partial charge in [-0.05, 0) is 49.4 Å². The molecule has 0 bridgehead atoms. The van der Waals surface area contributed by atoms with Crippen molar-refractivity contribution in [3.8, 4) is 11.3 Å². The number of H-pyrrole nitrogens is 1. The van der Waals surface area contributed by atoms with Gasteiger partial charge in [-0.2, -0.15) is 5.10 Å². The largest absolute Gasteiger partial charge is 0.307 e. The lowest BCUT2D eigenvalue weighted by Crippen LogP contribution is -2.14. The molecule has 3 aromatic heterocycles. The summed E-state index contributed by atoms with van der Waals surface area (Å²) in [4.78, 5) is 9.23. The first-order chi connectivity index (χ1) is 13.3. The number of nitrogens with zero attached hydrogens (tertiary/aromatic N) is 3. The summed E-state index contributed by atoms with van der Waals surface area (Å²) in [6.45, 7) is 1.55. The van der Waals surface area contributed by atoms with E-state index in [9.17, 15) is 0 Å². The van der Waals surface area contributed by atoms with E-state index < -0.39 is 0 Å². The molecule has 138 valence electrons. The Kier molecular flexibility index (Phi) is 4.42. The second-order valence-corrected chi connectivity index (χ2v) is 7.97. The highest BCUT2D eigenvalue weighted by molar-refractivity contribution is 6.30. The minimum Gasteiger partial charge on any atom is -0.307 e. The third-order valence-corrected chi connectivity index (χ3v) is 6.08. The second-order valence-electron chi connectivity index (χ2n) is 7.53. The van der Waals surface area contributed by atoms with Crippen molar-refractivity contribution in [3.05, 3.63) is 64.3 Å². The van der Waals surface area contributed by atoms with Gasteiger partial charge in [0.25, 0.3) is 0 Å². The van der Waals surface area contributed by atoms with Gasteiger partial charge in [-0.25, -0.2) is 0 Å². The van der Waals surface area contributed by atoms with Gasteiger partial charge >= 0.3 is 0 Å². The Morgan fingerprint density at radius 2 is 1.85 bits per heavy atom. The summed E-state index contributed by atoms with van der Waals surface area (Å²) in [6.07, 6.45) is 8.22. The molecule has 2 N–H and O–H groups in total. The molecule has 1 saturated carbocycles. The molecule has 1 aliphatic heterocycles. The fourth-order valence-corrected chi connectivity index (χ4v) is 4.71. The van der Waals surface area contributed by atoms with E-state index >= 15 is 0 Å². The predicted octanol–water partition coefficient (Wildman–Crippen LogP) is 4.56. The quantitative estimate of drug-likeness (QED) is 0.684. The molecule has 0 radical (unpaired) electrons. The summed E-state index contributed by atoms with van der Waals surface area (Å²) >= 11 is 6.17. The van der Waals surface area contributed by atoms with E-state index in [0.717, 1.165) is 55.7 Å². The van der Waals surface area contributed by atoms with Crippen molar-refractivity contribution in [3.63, 3.8) is 0 Å². The van der Waals surface area contributed by atoms with Crippen LogP contribution >= 0.6 is 11.6 Å². The van der Waals surface area contributed by atoms with Crippen LogP contribution in [0.15, 0.2) is 36.7 Å². The molecule has 0 atom stereocenters. The SMILES string of the molecule is Clc1cnc2c(c1)CNCc1[nH]nc(C3CCC(c4ccccn4)CC3)c1-2. The van der Waals surface area contributed by atoms with Gasteiger partial charge in [0.1, 0.15) is 0 Å². The number of rotatable bonds is 2. The zero-order chi connectivity index (χ0) is 18.2. The summed E-state index contributed by atoms with van der Waals surface area (Å²) in [6, 6.07) is 8.24. The highest BCUT2D eigenvalue weighted by atomic mass is 35.5. The van der Waals surface area contributed by atoms with Crippen LogP contribution in [0, 0.1) is 0 Å². The maximum atomic E-state index is 6.17. The monoisotopic (exact) mass is 379 g/mol. The lowest BCUT2D eigenvalue weighted by molar-refractivity contribution is 0.386. The van der Waals surface area contributed by atoms with E-state index in [0.29, 0.717) is 16.9 Å². The van der Waals surface area contributed by atoms with Gasteiger partial charge in [-0.15, -0.1) is 0 Å². The summed E-state index contributed by atoms with van der Waals surface area (Å²) in [5.41, 5.74) is 6.88. The van der Waals surface area contributed by atoms with Crippen LogP contribution in [-0.2, 0) is 13.1 Å². The van der Waals surface area contributed by atoms with E-state index in [1.54, 1.807) is 6.20 Å². The lowest BCUT2D eigenvalue weighted by Gasteiger charge is -2.27. The van der Waals surface area contributed by atoms with Gasteiger partial charge in [0, 0.05) is 48.6 Å². The number of aromatic nitrogens is 4. The molecule has 0 unspecified atom stereocenters. The highest BCUT2D eigenvalue weighted by Crippen LogP contribution is 2.43. The van der Waals surface area contributed by atoms with Crippen molar-refractivity contribution in [1.82, 2.24) is 25.5 Å². The lowest BCUT2D eigenvalue weighted by atomic mass is 9.78. The fourth-order valence-electron chi connectivity index (χ4n) is 4.52. The Labute approximate surface area is 163 Å². The molecule has 5 nitrogen and oxygen atoms in total. The Balaban J connectivity index is 1.44. The van der Waals surface area contributed by atoms with Crippen LogP contribution in [0.2, 0.25) is 5.02 Å². The number of fused-ring (bicyclic) bond motifs is 3. The van der Waals surface area contributed by atoms with Crippen molar-refractivity contribution in [2.45, 2.75) is 50.6 Å². The van der Waals surface area contributed by atoms with E-state index in [4.69, 9.17) is 16.7 Å². The molecular formula is C21H22ClN5. The van der Waals surface area contributed by atoms with Gasteiger partial charge in [0.15, 0.2) is 0 Å². The molecule has 2 aliphatic rings. The third kappa shape index (κ3) is 3.15. The van der Waals surface area contributed by atoms with Crippen molar-refractivity contribution in [1.29, 1.82) is 0 Å². The van der Waals surface area contributed by atoms with Gasteiger partial charge in [-0.3, -0.25) is 15.1 Å². The first-order valence-electron chi connectivity index (χ1n) is 9.63. The molecule has 0 saturated heterocycles. The first kappa shape index (κ1) is 16.9. The van der Waals surface area contributed by atoms with Crippen molar-refractivity contribution >= 4 is 11.6 Å². The van der Waals surface area contributed by atoms with Crippen LogP contribution < -0.4 is 5.32 Å². The predicted molar refractivity (Wildman–Crippen MR) is 106 cm³/mol. The van der Waals surface area contributed by atoms with Crippen LogP contribution in [0.3, 0.4) is 0 Å². The Hall–Kier alpha value is -2.24. The van der Waals surface area contributed by atoms with E-state index in [-0.39, 0.29) is 0 Å². The summed E-state index contributed by atoms with van der Waals surface area (Å²) in [5, 5.41) is 12.1. The molecular weight excluding hydrogens is 358 g/mol. The van der Waals surface area contributed by atoms with Crippen LogP contribution in [0.4, 0.5) is 0 Å². The molecule has 27 heavy (non-hydrogen) atoms. The molecule has 0 amide bonds. The molecule has 3 aromatic rings. The highest BCUT2D eigenvalue weighted by Gasteiger charge is 2.30. The standard InChI is InChI=1S/C21H22ClN5/c22-16-9-15-10-23-12-18-19(20(15)25-11-16)21(27-26-18)14-6-4-13(5-7-14)17-3-1-2-8-24-17/h1-3,8-9,11,13-14,23H,4-7,10,12H2,(H,26,27). The Morgan fingerprint density at radius 1 is 1.00 bits per heavy atom. The molecule has 0 spiro atoms. The summed E-state index contributed by atoms with van der Waals surface area (Å²) < 4.78 is 0. The third-order valence-electron chi connectivity index (χ3n) is 5.88. The average Bonchev–Trinajstić information content (AvgIpc) is 3.04. The van der Waals surface area contributed by atoms with Crippen molar-refractivity contribution < 1.29 is 0 Å². The number of hydrogen-bond donors (Lipinski definition) is 2. The smallest absolute Gasteiger partial charge is 0.0785 e. The molecule has 5 rings (SSSR count). The number of pyridine rings is 2. The first-order valence-corrected chi connectivity index (χ1v) is 10.0. The molecule has 1 fully saturated rings. The normalized spacial score (nSPS) is 22.0. The van der Waals surface area contributed by atoms with Crippen LogP contribution in [0.1, 0.15) is 60.2 Å². The second kappa shape index (κ2) is 7.06.